The van der Waals surface area contributed by atoms with Gasteiger partial charge in [0.25, 0.3) is 0 Å². The Morgan fingerprint density at radius 3 is 2.29 bits per heavy atom. The molecule has 0 aliphatic heterocycles. The normalized spacial score (nSPS) is 15.0. The third-order valence-corrected chi connectivity index (χ3v) is 0.505. The molecule has 0 heterocycles. The van der Waals surface area contributed by atoms with Crippen molar-refractivity contribution in [3.05, 3.63) is 6.10 Å². The Bertz CT molecular complexity index is 39.0. The third kappa shape index (κ3) is 5.88. The molecular weight excluding hydrogens is 94.0 g/mol. The van der Waals surface area contributed by atoms with Crippen molar-refractivity contribution in [1.29, 1.82) is 0 Å². The highest BCUT2D eigenvalue weighted by molar-refractivity contribution is 4.68. The minimum Gasteiger partial charge on any atom is -0.387 e. The SMILES string of the molecule is C[C](O)CC(N)O. The highest BCUT2D eigenvalue weighted by Gasteiger charge is 2.00. The van der Waals surface area contributed by atoms with Crippen LogP contribution in [0.1, 0.15) is 13.3 Å². The minimum atomic E-state index is -0.912. The molecule has 3 heteroatoms. The van der Waals surface area contributed by atoms with Crippen LogP contribution in [0.4, 0.5) is 0 Å². The maximum atomic E-state index is 8.40. The molecule has 0 aromatic rings. The second kappa shape index (κ2) is 2.96. The van der Waals surface area contributed by atoms with Crippen LogP contribution in [0.2, 0.25) is 0 Å². The zero-order valence-corrected chi connectivity index (χ0v) is 4.26. The highest BCUT2D eigenvalue weighted by atomic mass is 16.3. The van der Waals surface area contributed by atoms with E-state index in [0.29, 0.717) is 0 Å². The molecule has 4 N–H and O–H groups in total. The van der Waals surface area contributed by atoms with Crippen molar-refractivity contribution >= 4 is 0 Å². The molecule has 0 aromatic carbocycles. The molecule has 1 unspecified atom stereocenters. The van der Waals surface area contributed by atoms with E-state index in [9.17, 15) is 0 Å². The summed E-state index contributed by atoms with van der Waals surface area (Å²) in [7, 11) is 0. The van der Waals surface area contributed by atoms with E-state index < -0.39 is 6.23 Å². The highest BCUT2D eigenvalue weighted by Crippen LogP contribution is 1.97. The van der Waals surface area contributed by atoms with Gasteiger partial charge in [0, 0.05) is 6.42 Å². The molecule has 0 bridgehead atoms. The van der Waals surface area contributed by atoms with Crippen molar-refractivity contribution in [2.45, 2.75) is 19.6 Å². The molecule has 0 aromatic heterocycles. The Hall–Kier alpha value is -0.120. The lowest BCUT2D eigenvalue weighted by Gasteiger charge is -2.03. The van der Waals surface area contributed by atoms with Crippen LogP contribution >= 0.6 is 0 Å². The molecule has 1 radical (unpaired) electrons. The van der Waals surface area contributed by atoms with Gasteiger partial charge in [0.15, 0.2) is 0 Å². The first kappa shape index (κ1) is 6.88. The van der Waals surface area contributed by atoms with Crippen molar-refractivity contribution in [2.24, 2.45) is 5.73 Å². The lowest BCUT2D eigenvalue weighted by molar-refractivity contribution is 0.143. The molecule has 0 rings (SSSR count). The summed E-state index contributed by atoms with van der Waals surface area (Å²) in [6.07, 6.45) is -0.583. The number of nitrogens with two attached hydrogens (primary N) is 1. The molecule has 0 saturated carbocycles. The molecule has 0 fully saturated rings. The van der Waals surface area contributed by atoms with Crippen molar-refractivity contribution in [3.63, 3.8) is 0 Å². The number of aliphatic hydroxyl groups is 2. The maximum Gasteiger partial charge on any atom is 0.105 e. The van der Waals surface area contributed by atoms with Crippen LogP contribution in [0.15, 0.2) is 0 Å². The molecule has 0 saturated heterocycles. The van der Waals surface area contributed by atoms with Gasteiger partial charge in [-0.25, -0.2) is 0 Å². The zero-order chi connectivity index (χ0) is 5.86. The van der Waals surface area contributed by atoms with Crippen LogP contribution in [0.25, 0.3) is 0 Å². The van der Waals surface area contributed by atoms with E-state index in [0.717, 1.165) is 0 Å². The Balaban J connectivity index is 2.95. The van der Waals surface area contributed by atoms with Crippen LogP contribution in [0.5, 0.6) is 0 Å². The fraction of sp³-hybridized carbons (Fsp3) is 0.750. The van der Waals surface area contributed by atoms with E-state index >= 15 is 0 Å². The average molecular weight is 104 g/mol. The summed E-state index contributed by atoms with van der Waals surface area (Å²) in [4.78, 5) is 0. The molecule has 0 spiro atoms. The zero-order valence-electron chi connectivity index (χ0n) is 4.26. The molecule has 0 aliphatic rings. The van der Waals surface area contributed by atoms with E-state index in [1.54, 1.807) is 0 Å². The van der Waals surface area contributed by atoms with Gasteiger partial charge in [-0.2, -0.15) is 0 Å². The van der Waals surface area contributed by atoms with Gasteiger partial charge in [0.2, 0.25) is 0 Å². The van der Waals surface area contributed by atoms with Crippen molar-refractivity contribution < 1.29 is 10.2 Å². The first-order valence-electron chi connectivity index (χ1n) is 2.08. The maximum absolute atomic E-state index is 8.40. The van der Waals surface area contributed by atoms with E-state index in [4.69, 9.17) is 15.9 Å². The quantitative estimate of drug-likeness (QED) is 0.417. The lowest BCUT2D eigenvalue weighted by atomic mass is 10.3. The Labute approximate surface area is 42.8 Å². The van der Waals surface area contributed by atoms with Gasteiger partial charge < -0.3 is 15.9 Å². The fourth-order valence-corrected chi connectivity index (χ4v) is 0.303. The summed E-state index contributed by atoms with van der Waals surface area (Å²) < 4.78 is 0. The lowest BCUT2D eigenvalue weighted by Crippen LogP contribution is -2.20. The summed E-state index contributed by atoms with van der Waals surface area (Å²) in [5.74, 6) is 0. The standard InChI is InChI=1S/C4H10NO2/c1-3(6)2-4(5)7/h4,6-7H,2,5H2,1H3. The van der Waals surface area contributed by atoms with Crippen molar-refractivity contribution in [2.75, 3.05) is 0 Å². The molecule has 0 amide bonds. The van der Waals surface area contributed by atoms with Gasteiger partial charge in [0.05, 0.1) is 6.10 Å². The van der Waals surface area contributed by atoms with Crippen LogP contribution in [-0.4, -0.2) is 16.4 Å². The number of hydrogen-bond donors (Lipinski definition) is 3. The molecule has 7 heavy (non-hydrogen) atoms. The molecule has 3 nitrogen and oxygen atoms in total. The van der Waals surface area contributed by atoms with Gasteiger partial charge in [-0.05, 0) is 6.92 Å². The van der Waals surface area contributed by atoms with Crippen LogP contribution in [0.3, 0.4) is 0 Å². The van der Waals surface area contributed by atoms with Crippen molar-refractivity contribution in [1.82, 2.24) is 0 Å². The molecule has 0 aliphatic carbocycles. The van der Waals surface area contributed by atoms with Gasteiger partial charge in [0.1, 0.15) is 6.23 Å². The van der Waals surface area contributed by atoms with Gasteiger partial charge >= 0.3 is 0 Å². The van der Waals surface area contributed by atoms with Crippen LogP contribution < -0.4 is 5.73 Å². The monoisotopic (exact) mass is 104 g/mol. The predicted molar refractivity (Wildman–Crippen MR) is 25.7 cm³/mol. The predicted octanol–water partition coefficient (Wildman–Crippen LogP) is -0.422. The summed E-state index contributed by atoms with van der Waals surface area (Å²) in [6, 6.07) is 0. The third-order valence-electron chi connectivity index (χ3n) is 0.505. The molecule has 1 atom stereocenters. The first-order chi connectivity index (χ1) is 3.13. The largest absolute Gasteiger partial charge is 0.387 e. The number of hydrogen-bond acceptors (Lipinski definition) is 3. The number of rotatable bonds is 2. The van der Waals surface area contributed by atoms with Crippen molar-refractivity contribution in [3.8, 4) is 0 Å². The average Bonchev–Trinajstić information content (AvgIpc) is 1.27. The van der Waals surface area contributed by atoms with E-state index in [2.05, 4.69) is 0 Å². The summed E-state index contributed by atoms with van der Waals surface area (Å²) in [5.41, 5.74) is 4.87. The van der Waals surface area contributed by atoms with Crippen LogP contribution in [-0.2, 0) is 0 Å². The summed E-state index contributed by atoms with van der Waals surface area (Å²) >= 11 is 0. The van der Waals surface area contributed by atoms with Gasteiger partial charge in [-0.3, -0.25) is 0 Å². The van der Waals surface area contributed by atoms with E-state index in [1.807, 2.05) is 0 Å². The minimum absolute atomic E-state index is 0.162. The van der Waals surface area contributed by atoms with E-state index in [-0.39, 0.29) is 12.5 Å². The second-order valence-electron chi connectivity index (χ2n) is 1.51. The molecular formula is C4H10NO2. The molecule has 43 valence electrons. The Morgan fingerprint density at radius 2 is 2.29 bits per heavy atom. The van der Waals surface area contributed by atoms with Gasteiger partial charge in [-0.15, -0.1) is 0 Å². The Kier molecular flexibility index (Phi) is 2.91. The second-order valence-corrected chi connectivity index (χ2v) is 1.51. The summed E-state index contributed by atoms with van der Waals surface area (Å²) in [5, 5.41) is 16.7. The Morgan fingerprint density at radius 1 is 1.86 bits per heavy atom. The first-order valence-corrected chi connectivity index (χ1v) is 2.08. The van der Waals surface area contributed by atoms with Crippen LogP contribution in [0, 0.1) is 6.10 Å². The smallest absolute Gasteiger partial charge is 0.105 e. The van der Waals surface area contributed by atoms with Gasteiger partial charge in [-0.1, -0.05) is 0 Å². The fourth-order valence-electron chi connectivity index (χ4n) is 0.303. The topological polar surface area (TPSA) is 66.5 Å². The van der Waals surface area contributed by atoms with E-state index in [1.165, 1.54) is 6.92 Å². The number of aliphatic hydroxyl groups excluding tert-OH is 2. The summed E-state index contributed by atoms with van der Waals surface area (Å²) in [6.45, 7) is 1.50.